The second-order valence-corrected chi connectivity index (χ2v) is 8.55. The molecule has 0 radical (unpaired) electrons. The molecule has 1 aliphatic rings. The molecule has 2 amide bonds. The molecule has 3 rings (SSSR count). The molecule has 0 saturated carbocycles. The van der Waals surface area contributed by atoms with Gasteiger partial charge in [0.2, 0.25) is 5.91 Å². The molecule has 28 heavy (non-hydrogen) atoms. The van der Waals surface area contributed by atoms with E-state index in [9.17, 15) is 9.59 Å². The van der Waals surface area contributed by atoms with Crippen LogP contribution in [0.2, 0.25) is 5.02 Å². The third kappa shape index (κ3) is 4.47. The predicted molar refractivity (Wildman–Crippen MR) is 114 cm³/mol. The number of ether oxygens (including phenoxy) is 2. The van der Waals surface area contributed by atoms with Crippen molar-refractivity contribution in [2.24, 2.45) is 0 Å². The Bertz CT molecular complexity index is 908. The van der Waals surface area contributed by atoms with Gasteiger partial charge in [-0.25, -0.2) is 0 Å². The number of halogens is 2. The summed E-state index contributed by atoms with van der Waals surface area (Å²) in [7, 11) is 1.57. The maximum absolute atomic E-state index is 12.8. The van der Waals surface area contributed by atoms with E-state index in [4.69, 9.17) is 21.1 Å². The molecule has 1 fully saturated rings. The Labute approximate surface area is 181 Å². The van der Waals surface area contributed by atoms with E-state index in [0.717, 1.165) is 27.4 Å². The fraction of sp³-hybridized carbons (Fsp3) is 0.300. The lowest BCUT2D eigenvalue weighted by Crippen LogP contribution is -2.31. The van der Waals surface area contributed by atoms with Crippen LogP contribution in [0.25, 0.3) is 0 Å². The molecule has 148 valence electrons. The fourth-order valence-electron chi connectivity index (χ4n) is 2.96. The summed E-state index contributed by atoms with van der Waals surface area (Å²) in [6.45, 7) is 2.58. The van der Waals surface area contributed by atoms with Gasteiger partial charge in [-0.2, -0.15) is 0 Å². The summed E-state index contributed by atoms with van der Waals surface area (Å²) in [5.74, 6) is 0.996. The first kappa shape index (κ1) is 21.0. The summed E-state index contributed by atoms with van der Waals surface area (Å²) in [5, 5.41) is -0.201. The topological polar surface area (TPSA) is 55.8 Å². The van der Waals surface area contributed by atoms with Crippen LogP contribution in [0.5, 0.6) is 11.5 Å². The van der Waals surface area contributed by atoms with Crippen LogP contribution in [0.1, 0.15) is 18.1 Å². The Morgan fingerprint density at radius 3 is 2.68 bits per heavy atom. The van der Waals surface area contributed by atoms with Gasteiger partial charge in [0.15, 0.2) is 11.5 Å². The molecule has 0 aliphatic carbocycles. The van der Waals surface area contributed by atoms with Gasteiger partial charge in [0.25, 0.3) is 5.24 Å². The van der Waals surface area contributed by atoms with Crippen molar-refractivity contribution in [2.45, 2.75) is 25.1 Å². The van der Waals surface area contributed by atoms with Crippen LogP contribution in [0.3, 0.4) is 0 Å². The van der Waals surface area contributed by atoms with E-state index in [-0.39, 0.29) is 17.7 Å². The quantitative estimate of drug-likeness (QED) is 0.532. The molecular weight excluding hydrogens is 466 g/mol. The minimum atomic E-state index is -0.482. The number of rotatable bonds is 7. The lowest BCUT2D eigenvalue weighted by molar-refractivity contribution is -0.127. The normalized spacial score (nSPS) is 16.6. The molecule has 1 aliphatic heterocycles. The van der Waals surface area contributed by atoms with Gasteiger partial charge in [-0.15, -0.1) is 0 Å². The fourth-order valence-corrected chi connectivity index (χ4v) is 4.79. The lowest BCUT2D eigenvalue weighted by atomic mass is 10.1. The molecule has 1 saturated heterocycles. The molecular formula is C20H19BrClNO4S. The highest BCUT2D eigenvalue weighted by atomic mass is 79.9. The standard InChI is InChI=1S/C20H19BrClNO4S/c1-3-27-18-14(21)8-12(9-16(18)26-2)10-17-19(24)23(20(25)28-17)11-13-6-4-5-7-15(13)22/h4-9,17H,3,10-11H2,1-2H3/t17-/m1/s1. The molecule has 1 heterocycles. The Hall–Kier alpha value is -1.70. The monoisotopic (exact) mass is 483 g/mol. The molecule has 8 heteroatoms. The number of benzene rings is 2. The largest absolute Gasteiger partial charge is 0.493 e. The van der Waals surface area contributed by atoms with Crippen LogP contribution in [0, 0.1) is 0 Å². The summed E-state index contributed by atoms with van der Waals surface area (Å²) >= 11 is 10.7. The van der Waals surface area contributed by atoms with Gasteiger partial charge in [-0.05, 0) is 58.6 Å². The van der Waals surface area contributed by atoms with E-state index < -0.39 is 5.25 Å². The van der Waals surface area contributed by atoms with E-state index in [1.165, 1.54) is 4.90 Å². The summed E-state index contributed by atoms with van der Waals surface area (Å²) in [6, 6.07) is 10.9. The summed E-state index contributed by atoms with van der Waals surface area (Å²) in [4.78, 5) is 26.5. The van der Waals surface area contributed by atoms with Gasteiger partial charge >= 0.3 is 0 Å². The number of amides is 2. The van der Waals surface area contributed by atoms with Gasteiger partial charge < -0.3 is 9.47 Å². The van der Waals surface area contributed by atoms with Crippen molar-refractivity contribution in [3.05, 3.63) is 57.0 Å². The van der Waals surface area contributed by atoms with Crippen LogP contribution in [0.15, 0.2) is 40.9 Å². The van der Waals surface area contributed by atoms with Crippen LogP contribution in [-0.2, 0) is 17.8 Å². The number of hydrogen-bond donors (Lipinski definition) is 0. The maximum atomic E-state index is 12.8. The number of thioether (sulfide) groups is 1. The van der Waals surface area contributed by atoms with Gasteiger partial charge in [0.1, 0.15) is 0 Å². The molecule has 0 spiro atoms. The third-order valence-electron chi connectivity index (χ3n) is 4.29. The maximum Gasteiger partial charge on any atom is 0.289 e. The molecule has 0 bridgehead atoms. The second kappa shape index (κ2) is 9.20. The average molecular weight is 485 g/mol. The highest BCUT2D eigenvalue weighted by molar-refractivity contribution is 9.10. The third-order valence-corrected chi connectivity index (χ3v) is 6.32. The Morgan fingerprint density at radius 2 is 2.00 bits per heavy atom. The van der Waals surface area contributed by atoms with Crippen LogP contribution < -0.4 is 9.47 Å². The minimum Gasteiger partial charge on any atom is -0.493 e. The Kier molecular flexibility index (Phi) is 6.91. The molecule has 5 nitrogen and oxygen atoms in total. The van der Waals surface area contributed by atoms with Crippen LogP contribution in [-0.4, -0.2) is 35.0 Å². The predicted octanol–water partition coefficient (Wildman–Crippen LogP) is 5.32. The van der Waals surface area contributed by atoms with Gasteiger partial charge in [-0.3, -0.25) is 14.5 Å². The first-order chi connectivity index (χ1) is 13.4. The number of carbonyl (C=O) groups excluding carboxylic acids is 2. The van der Waals surface area contributed by atoms with E-state index in [1.54, 1.807) is 13.2 Å². The van der Waals surface area contributed by atoms with Crippen molar-refractivity contribution in [1.29, 1.82) is 0 Å². The number of nitrogens with zero attached hydrogens (tertiary/aromatic N) is 1. The van der Waals surface area contributed by atoms with Crippen molar-refractivity contribution >= 4 is 50.4 Å². The molecule has 2 aromatic rings. The smallest absolute Gasteiger partial charge is 0.289 e. The highest BCUT2D eigenvalue weighted by Crippen LogP contribution is 2.39. The van der Waals surface area contributed by atoms with Crippen LogP contribution in [0.4, 0.5) is 4.79 Å². The van der Waals surface area contributed by atoms with E-state index in [0.29, 0.717) is 29.5 Å². The average Bonchev–Trinajstić information content (AvgIpc) is 2.92. The number of hydrogen-bond acceptors (Lipinski definition) is 5. The molecule has 0 aromatic heterocycles. The molecule has 0 N–H and O–H groups in total. The minimum absolute atomic E-state index is 0.178. The lowest BCUT2D eigenvalue weighted by Gasteiger charge is -2.16. The molecule has 0 unspecified atom stereocenters. The van der Waals surface area contributed by atoms with E-state index >= 15 is 0 Å². The van der Waals surface area contributed by atoms with E-state index in [2.05, 4.69) is 15.9 Å². The summed E-state index contributed by atoms with van der Waals surface area (Å²) in [5.41, 5.74) is 1.63. The van der Waals surface area contributed by atoms with Gasteiger partial charge in [-0.1, -0.05) is 41.6 Å². The SMILES string of the molecule is CCOc1c(Br)cc(C[C@H]2SC(=O)N(Cc3ccccc3Cl)C2=O)cc1OC. The van der Waals surface area contributed by atoms with Crippen molar-refractivity contribution in [1.82, 2.24) is 4.90 Å². The highest BCUT2D eigenvalue weighted by Gasteiger charge is 2.39. The molecule has 2 aromatic carbocycles. The van der Waals surface area contributed by atoms with Gasteiger partial charge in [0, 0.05) is 5.02 Å². The van der Waals surface area contributed by atoms with Crippen molar-refractivity contribution < 1.29 is 19.1 Å². The zero-order valence-corrected chi connectivity index (χ0v) is 18.6. The van der Waals surface area contributed by atoms with E-state index in [1.807, 2.05) is 37.3 Å². The van der Waals surface area contributed by atoms with Crippen LogP contribution >= 0.6 is 39.3 Å². The van der Waals surface area contributed by atoms with Crippen molar-refractivity contribution in [3.63, 3.8) is 0 Å². The zero-order chi connectivity index (χ0) is 20.3. The summed E-state index contributed by atoms with van der Waals surface area (Å²) < 4.78 is 11.8. The molecule has 1 atom stereocenters. The Morgan fingerprint density at radius 1 is 1.25 bits per heavy atom. The van der Waals surface area contributed by atoms with Gasteiger partial charge in [0.05, 0.1) is 30.0 Å². The zero-order valence-electron chi connectivity index (χ0n) is 15.4. The first-order valence-corrected chi connectivity index (χ1v) is 10.7. The first-order valence-electron chi connectivity index (χ1n) is 8.69. The number of methoxy groups -OCH3 is 1. The number of imide groups is 1. The Balaban J connectivity index is 1.77. The van der Waals surface area contributed by atoms with Crippen molar-refractivity contribution in [2.75, 3.05) is 13.7 Å². The second-order valence-electron chi connectivity index (χ2n) is 6.13. The summed E-state index contributed by atoms with van der Waals surface area (Å²) in [6.07, 6.45) is 0.412. The van der Waals surface area contributed by atoms with Crippen molar-refractivity contribution in [3.8, 4) is 11.5 Å². The number of carbonyl (C=O) groups is 2.